The van der Waals surface area contributed by atoms with E-state index in [2.05, 4.69) is 36.4 Å². The van der Waals surface area contributed by atoms with Crippen LogP contribution >= 0.6 is 11.3 Å². The molecule has 100 valence electrons. The second kappa shape index (κ2) is 5.99. The molecule has 1 amide bonds. The highest BCUT2D eigenvalue weighted by atomic mass is 32.1. The number of hydrogen-bond acceptors (Lipinski definition) is 3. The Balaban J connectivity index is 2.02. The van der Waals surface area contributed by atoms with Crippen molar-refractivity contribution < 1.29 is 4.79 Å². The van der Waals surface area contributed by atoms with Crippen LogP contribution in [0.15, 0.2) is 41.8 Å². The van der Waals surface area contributed by atoms with Crippen LogP contribution in [0.25, 0.3) is 0 Å². The lowest BCUT2D eigenvalue weighted by Crippen LogP contribution is -2.21. The van der Waals surface area contributed by atoms with Gasteiger partial charge in [-0.05, 0) is 43.1 Å². The molecule has 1 atom stereocenters. The van der Waals surface area contributed by atoms with Crippen molar-refractivity contribution in [3.8, 4) is 0 Å². The molecule has 1 unspecified atom stereocenters. The zero-order chi connectivity index (χ0) is 13.8. The fourth-order valence-electron chi connectivity index (χ4n) is 1.95. The van der Waals surface area contributed by atoms with Crippen molar-refractivity contribution in [1.82, 2.24) is 4.90 Å². The van der Waals surface area contributed by atoms with Gasteiger partial charge < -0.3 is 5.73 Å². The number of hydrogen-bond donors (Lipinski definition) is 1. The molecule has 3 nitrogen and oxygen atoms in total. The Hall–Kier alpha value is -1.65. The van der Waals surface area contributed by atoms with Crippen LogP contribution < -0.4 is 5.73 Å². The van der Waals surface area contributed by atoms with Crippen LogP contribution in [0, 0.1) is 0 Å². The van der Waals surface area contributed by atoms with Crippen molar-refractivity contribution in [3.05, 3.63) is 57.8 Å². The summed E-state index contributed by atoms with van der Waals surface area (Å²) < 4.78 is 0. The lowest BCUT2D eigenvalue weighted by molar-refractivity contribution is 0.100. The maximum absolute atomic E-state index is 11.0. The number of benzene rings is 1. The monoisotopic (exact) mass is 274 g/mol. The largest absolute Gasteiger partial charge is 0.366 e. The van der Waals surface area contributed by atoms with E-state index >= 15 is 0 Å². The normalized spacial score (nSPS) is 12.6. The predicted molar refractivity (Wildman–Crippen MR) is 79.2 cm³/mol. The molecule has 0 aliphatic carbocycles. The Labute approximate surface area is 117 Å². The SMILES string of the molecule is CC(c1cccs1)N(C)Cc1ccc(C(N)=O)cc1. The maximum atomic E-state index is 11.0. The van der Waals surface area contributed by atoms with E-state index in [0.29, 0.717) is 11.6 Å². The molecule has 2 aromatic rings. The highest BCUT2D eigenvalue weighted by Gasteiger charge is 2.12. The van der Waals surface area contributed by atoms with Crippen molar-refractivity contribution in [2.45, 2.75) is 19.5 Å². The van der Waals surface area contributed by atoms with Crippen molar-refractivity contribution in [3.63, 3.8) is 0 Å². The van der Waals surface area contributed by atoms with Gasteiger partial charge in [-0.2, -0.15) is 0 Å². The first-order valence-corrected chi connectivity index (χ1v) is 7.08. The van der Waals surface area contributed by atoms with Crippen LogP contribution in [0.1, 0.15) is 33.8 Å². The second-order valence-electron chi connectivity index (χ2n) is 4.67. The topological polar surface area (TPSA) is 46.3 Å². The third kappa shape index (κ3) is 3.43. The summed E-state index contributed by atoms with van der Waals surface area (Å²) in [6.07, 6.45) is 0. The van der Waals surface area contributed by atoms with E-state index in [0.717, 1.165) is 6.54 Å². The Bertz CT molecular complexity index is 534. The molecule has 4 heteroatoms. The standard InChI is InChI=1S/C15H18N2OS/c1-11(14-4-3-9-19-14)17(2)10-12-5-7-13(8-6-12)15(16)18/h3-9,11H,10H2,1-2H3,(H2,16,18). The van der Waals surface area contributed by atoms with Crippen LogP contribution in [0.4, 0.5) is 0 Å². The molecule has 1 heterocycles. The van der Waals surface area contributed by atoms with Crippen LogP contribution in [0.2, 0.25) is 0 Å². The summed E-state index contributed by atoms with van der Waals surface area (Å²) in [6.45, 7) is 3.04. The average molecular weight is 274 g/mol. The van der Waals surface area contributed by atoms with E-state index in [9.17, 15) is 4.79 Å². The van der Waals surface area contributed by atoms with Gasteiger partial charge in [-0.15, -0.1) is 11.3 Å². The zero-order valence-corrected chi connectivity index (χ0v) is 12.0. The smallest absolute Gasteiger partial charge is 0.248 e. The first kappa shape index (κ1) is 13.8. The van der Waals surface area contributed by atoms with Crippen molar-refractivity contribution >= 4 is 17.2 Å². The lowest BCUT2D eigenvalue weighted by atomic mass is 10.1. The number of carbonyl (C=O) groups is 1. The van der Waals surface area contributed by atoms with Crippen LogP contribution in [0.3, 0.4) is 0 Å². The number of carbonyl (C=O) groups excluding carboxylic acids is 1. The first-order chi connectivity index (χ1) is 9.08. The summed E-state index contributed by atoms with van der Waals surface area (Å²) in [4.78, 5) is 14.7. The summed E-state index contributed by atoms with van der Waals surface area (Å²) in [5.41, 5.74) is 6.96. The molecule has 0 aliphatic rings. The summed E-state index contributed by atoms with van der Waals surface area (Å²) in [7, 11) is 2.10. The number of nitrogens with two attached hydrogens (primary N) is 1. The first-order valence-electron chi connectivity index (χ1n) is 6.20. The number of amides is 1. The maximum Gasteiger partial charge on any atom is 0.248 e. The molecule has 2 rings (SSSR count). The Morgan fingerprint density at radius 1 is 1.32 bits per heavy atom. The quantitative estimate of drug-likeness (QED) is 0.911. The molecule has 0 spiro atoms. The molecule has 0 fully saturated rings. The number of thiophene rings is 1. The third-order valence-corrected chi connectivity index (χ3v) is 4.33. The zero-order valence-electron chi connectivity index (χ0n) is 11.2. The third-order valence-electron chi connectivity index (χ3n) is 3.29. The highest BCUT2D eigenvalue weighted by Crippen LogP contribution is 2.24. The van der Waals surface area contributed by atoms with Gasteiger partial charge in [0, 0.05) is 23.0 Å². The number of nitrogens with zero attached hydrogens (tertiary/aromatic N) is 1. The Morgan fingerprint density at radius 2 is 2.00 bits per heavy atom. The van der Waals surface area contributed by atoms with Crippen molar-refractivity contribution in [1.29, 1.82) is 0 Å². The Kier molecular flexibility index (Phi) is 4.35. The molecule has 1 aromatic carbocycles. The minimum absolute atomic E-state index is 0.383. The molecule has 0 saturated carbocycles. The van der Waals surface area contributed by atoms with Gasteiger partial charge in [0.25, 0.3) is 0 Å². The van der Waals surface area contributed by atoms with Gasteiger partial charge in [-0.3, -0.25) is 9.69 Å². The number of rotatable bonds is 5. The summed E-state index contributed by atoms with van der Waals surface area (Å²) in [5.74, 6) is -0.383. The fraction of sp³-hybridized carbons (Fsp3) is 0.267. The van der Waals surface area contributed by atoms with Gasteiger partial charge in [0.1, 0.15) is 0 Å². The highest BCUT2D eigenvalue weighted by molar-refractivity contribution is 7.10. The van der Waals surface area contributed by atoms with Gasteiger partial charge in [0.2, 0.25) is 5.91 Å². The van der Waals surface area contributed by atoms with Crippen molar-refractivity contribution in [2.75, 3.05) is 7.05 Å². The summed E-state index contributed by atoms with van der Waals surface area (Å²) >= 11 is 1.77. The minimum atomic E-state index is -0.383. The van der Waals surface area contributed by atoms with Crippen LogP contribution in [-0.4, -0.2) is 17.9 Å². The van der Waals surface area contributed by atoms with Crippen LogP contribution in [0.5, 0.6) is 0 Å². The molecule has 0 aliphatic heterocycles. The molecule has 0 bridgehead atoms. The Morgan fingerprint density at radius 3 is 2.53 bits per heavy atom. The van der Waals surface area contributed by atoms with Gasteiger partial charge in [0.05, 0.1) is 0 Å². The predicted octanol–water partition coefficient (Wildman–Crippen LogP) is 3.04. The van der Waals surface area contributed by atoms with Gasteiger partial charge >= 0.3 is 0 Å². The van der Waals surface area contributed by atoms with E-state index in [1.807, 2.05) is 12.1 Å². The lowest BCUT2D eigenvalue weighted by Gasteiger charge is -2.23. The molecule has 2 N–H and O–H groups in total. The molecular weight excluding hydrogens is 256 g/mol. The van der Waals surface area contributed by atoms with Gasteiger partial charge in [-0.1, -0.05) is 18.2 Å². The molecule has 0 saturated heterocycles. The molecule has 1 aromatic heterocycles. The summed E-state index contributed by atoms with van der Waals surface area (Å²) in [5, 5.41) is 2.10. The average Bonchev–Trinajstić information content (AvgIpc) is 2.92. The number of primary amides is 1. The summed E-state index contributed by atoms with van der Waals surface area (Å²) in [6, 6.07) is 12.1. The fourth-order valence-corrected chi connectivity index (χ4v) is 2.79. The van der Waals surface area contributed by atoms with Crippen molar-refractivity contribution in [2.24, 2.45) is 5.73 Å². The minimum Gasteiger partial charge on any atom is -0.366 e. The van der Waals surface area contributed by atoms with E-state index in [1.165, 1.54) is 10.4 Å². The van der Waals surface area contributed by atoms with Gasteiger partial charge in [0.15, 0.2) is 0 Å². The van der Waals surface area contributed by atoms with E-state index in [4.69, 9.17) is 5.73 Å². The van der Waals surface area contributed by atoms with E-state index in [-0.39, 0.29) is 5.91 Å². The van der Waals surface area contributed by atoms with Gasteiger partial charge in [-0.25, -0.2) is 0 Å². The second-order valence-corrected chi connectivity index (χ2v) is 5.65. The molecular formula is C15H18N2OS. The van der Waals surface area contributed by atoms with E-state index in [1.54, 1.807) is 23.5 Å². The molecule has 0 radical (unpaired) electrons. The van der Waals surface area contributed by atoms with E-state index < -0.39 is 0 Å². The van der Waals surface area contributed by atoms with Crippen LogP contribution in [-0.2, 0) is 6.54 Å². The molecule has 19 heavy (non-hydrogen) atoms.